The highest BCUT2D eigenvalue weighted by molar-refractivity contribution is 5.94. The number of aliphatic hydroxyl groups excluding tert-OH is 1. The largest absolute Gasteiger partial charge is 0.395 e. The Kier molecular flexibility index (Phi) is 7.66. The lowest BCUT2D eigenvalue weighted by molar-refractivity contribution is 0.304. The van der Waals surface area contributed by atoms with E-state index in [0.717, 1.165) is 13.0 Å². The number of aliphatic hydroxyl groups is 1. The number of aromatic nitrogens is 4. The zero-order valence-electron chi connectivity index (χ0n) is 14.4. The zero-order chi connectivity index (χ0) is 16.8. The first kappa shape index (κ1) is 19.9. The molecule has 0 unspecified atom stereocenters. The quantitative estimate of drug-likeness (QED) is 0.553. The Bertz CT molecular complexity index is 669. The maximum absolute atomic E-state index is 9.21. The molecule has 24 heavy (non-hydrogen) atoms. The third-order valence-electron chi connectivity index (χ3n) is 3.31. The van der Waals surface area contributed by atoms with Gasteiger partial charge in [0.05, 0.1) is 6.61 Å². The minimum atomic E-state index is 0. The van der Waals surface area contributed by atoms with Crippen LogP contribution >= 0.6 is 12.4 Å². The van der Waals surface area contributed by atoms with E-state index in [0.29, 0.717) is 41.1 Å². The van der Waals surface area contributed by atoms with Crippen LogP contribution in [0.1, 0.15) is 13.3 Å². The predicted molar refractivity (Wildman–Crippen MR) is 101 cm³/mol. The molecule has 10 heteroatoms. The van der Waals surface area contributed by atoms with Gasteiger partial charge in [-0.3, -0.25) is 0 Å². The average molecular weight is 357 g/mol. The molecule has 0 aromatic carbocycles. The van der Waals surface area contributed by atoms with Crippen molar-refractivity contribution in [2.75, 3.05) is 61.7 Å². The van der Waals surface area contributed by atoms with Crippen LogP contribution in [0.2, 0.25) is 0 Å². The second-order valence-corrected chi connectivity index (χ2v) is 5.04. The van der Waals surface area contributed by atoms with Crippen molar-refractivity contribution in [2.24, 2.45) is 0 Å². The molecule has 134 valence electrons. The maximum Gasteiger partial charge on any atom is 0.225 e. The van der Waals surface area contributed by atoms with Gasteiger partial charge in [-0.15, -0.1) is 12.4 Å². The molecule has 4 N–H and O–H groups in total. The second-order valence-electron chi connectivity index (χ2n) is 5.04. The molecule has 0 saturated carbocycles. The van der Waals surface area contributed by atoms with E-state index in [4.69, 9.17) is 0 Å². The number of likely N-dealkylation sites (N-methyl/N-ethyl adjacent to an activating group) is 1. The fourth-order valence-corrected chi connectivity index (χ4v) is 2.11. The predicted octanol–water partition coefficient (Wildman–Crippen LogP) is 1.18. The van der Waals surface area contributed by atoms with E-state index in [9.17, 15) is 5.11 Å². The van der Waals surface area contributed by atoms with Gasteiger partial charge < -0.3 is 26.0 Å². The van der Waals surface area contributed by atoms with Crippen molar-refractivity contribution in [3.8, 4) is 0 Å². The van der Waals surface area contributed by atoms with Crippen LogP contribution in [0, 0.1) is 0 Å². The highest BCUT2D eigenvalue weighted by atomic mass is 35.5. The lowest BCUT2D eigenvalue weighted by atomic mass is 10.3. The summed E-state index contributed by atoms with van der Waals surface area (Å²) in [5.41, 5.74) is 1.29. The minimum absolute atomic E-state index is 0. The number of hydrogen-bond donors (Lipinski definition) is 4. The van der Waals surface area contributed by atoms with E-state index >= 15 is 0 Å². The molecule has 0 amide bonds. The number of halogens is 1. The Labute approximate surface area is 147 Å². The van der Waals surface area contributed by atoms with Crippen LogP contribution in [0.5, 0.6) is 0 Å². The molecule has 0 fully saturated rings. The molecule has 2 rings (SSSR count). The second kappa shape index (κ2) is 9.24. The van der Waals surface area contributed by atoms with Gasteiger partial charge in [-0.2, -0.15) is 9.97 Å². The first-order valence-electron chi connectivity index (χ1n) is 7.65. The van der Waals surface area contributed by atoms with Crippen molar-refractivity contribution in [3.05, 3.63) is 0 Å². The smallest absolute Gasteiger partial charge is 0.225 e. The Morgan fingerprint density at radius 2 is 1.62 bits per heavy atom. The van der Waals surface area contributed by atoms with Gasteiger partial charge in [-0.1, -0.05) is 6.92 Å². The first-order chi connectivity index (χ1) is 11.1. The minimum Gasteiger partial charge on any atom is -0.395 e. The summed E-state index contributed by atoms with van der Waals surface area (Å²) in [5.74, 6) is 2.29. The molecule has 2 heterocycles. The van der Waals surface area contributed by atoms with Crippen molar-refractivity contribution in [1.29, 1.82) is 0 Å². The third kappa shape index (κ3) is 4.24. The van der Waals surface area contributed by atoms with Gasteiger partial charge in [0.15, 0.2) is 11.6 Å². The van der Waals surface area contributed by atoms with Gasteiger partial charge >= 0.3 is 0 Å². The Hall–Kier alpha value is -2.13. The van der Waals surface area contributed by atoms with Crippen molar-refractivity contribution in [2.45, 2.75) is 13.3 Å². The average Bonchev–Trinajstić information content (AvgIpc) is 2.58. The number of rotatable bonds is 8. The highest BCUT2D eigenvalue weighted by Crippen LogP contribution is 2.28. The van der Waals surface area contributed by atoms with Crippen LogP contribution in [0.25, 0.3) is 11.0 Å². The van der Waals surface area contributed by atoms with Crippen LogP contribution in [-0.4, -0.2) is 65.9 Å². The maximum atomic E-state index is 9.21. The summed E-state index contributed by atoms with van der Waals surface area (Å²) < 4.78 is 0. The normalized spacial score (nSPS) is 10.2. The summed E-state index contributed by atoms with van der Waals surface area (Å²) in [4.78, 5) is 19.8. The summed E-state index contributed by atoms with van der Waals surface area (Å²) >= 11 is 0. The number of nitrogens with zero attached hydrogens (tertiary/aromatic N) is 5. The van der Waals surface area contributed by atoms with E-state index in [1.807, 2.05) is 11.9 Å². The molecule has 0 bridgehead atoms. The van der Waals surface area contributed by atoms with E-state index in [1.54, 1.807) is 14.1 Å². The fraction of sp³-hybridized carbons (Fsp3) is 0.571. The topological polar surface area (TPSA) is 111 Å². The molecular formula is C14H25ClN8O. The zero-order valence-corrected chi connectivity index (χ0v) is 15.2. The molecule has 0 aliphatic carbocycles. The summed E-state index contributed by atoms with van der Waals surface area (Å²) in [6, 6.07) is 0. The van der Waals surface area contributed by atoms with E-state index in [-0.39, 0.29) is 19.0 Å². The van der Waals surface area contributed by atoms with Crippen LogP contribution in [0.15, 0.2) is 0 Å². The Morgan fingerprint density at radius 1 is 1.00 bits per heavy atom. The lowest BCUT2D eigenvalue weighted by Crippen LogP contribution is -2.23. The van der Waals surface area contributed by atoms with Gasteiger partial charge in [-0.25, -0.2) is 9.97 Å². The summed E-state index contributed by atoms with van der Waals surface area (Å²) in [6.45, 7) is 3.35. The summed E-state index contributed by atoms with van der Waals surface area (Å²) in [5, 5.41) is 18.4. The molecule has 0 aliphatic rings. The summed E-state index contributed by atoms with van der Waals surface area (Å²) in [6.07, 6.45) is 0.974. The number of fused-ring (bicyclic) bond motifs is 1. The van der Waals surface area contributed by atoms with E-state index in [1.165, 1.54) is 0 Å². The first-order valence-corrected chi connectivity index (χ1v) is 7.65. The number of hydrogen-bond acceptors (Lipinski definition) is 9. The van der Waals surface area contributed by atoms with E-state index in [2.05, 4.69) is 42.8 Å². The SMILES string of the molecule is CCCNc1nc(NC)nc2c(N(C)CCO)nc(NC)nc12.Cl. The van der Waals surface area contributed by atoms with Gasteiger partial charge in [0, 0.05) is 34.2 Å². The molecule has 0 saturated heterocycles. The van der Waals surface area contributed by atoms with Crippen molar-refractivity contribution < 1.29 is 5.11 Å². The lowest BCUT2D eigenvalue weighted by Gasteiger charge is -2.20. The molecular weight excluding hydrogens is 332 g/mol. The van der Waals surface area contributed by atoms with Crippen molar-refractivity contribution >= 4 is 47.0 Å². The molecule has 2 aromatic rings. The van der Waals surface area contributed by atoms with Gasteiger partial charge in [-0.05, 0) is 6.42 Å². The highest BCUT2D eigenvalue weighted by Gasteiger charge is 2.17. The van der Waals surface area contributed by atoms with Crippen molar-refractivity contribution in [1.82, 2.24) is 19.9 Å². The molecule has 0 atom stereocenters. The molecule has 0 spiro atoms. The van der Waals surface area contributed by atoms with Crippen LogP contribution < -0.4 is 20.9 Å². The van der Waals surface area contributed by atoms with Crippen LogP contribution in [0.3, 0.4) is 0 Å². The van der Waals surface area contributed by atoms with Crippen LogP contribution in [0.4, 0.5) is 23.5 Å². The third-order valence-corrected chi connectivity index (χ3v) is 3.31. The Balaban J connectivity index is 0.00000288. The van der Waals surface area contributed by atoms with Gasteiger partial charge in [0.25, 0.3) is 0 Å². The number of nitrogens with one attached hydrogen (secondary N) is 3. The van der Waals surface area contributed by atoms with Gasteiger partial charge in [0.1, 0.15) is 11.0 Å². The molecule has 9 nitrogen and oxygen atoms in total. The molecule has 0 aliphatic heterocycles. The van der Waals surface area contributed by atoms with E-state index < -0.39 is 0 Å². The van der Waals surface area contributed by atoms with Crippen LogP contribution in [-0.2, 0) is 0 Å². The fourth-order valence-electron chi connectivity index (χ4n) is 2.11. The Morgan fingerprint density at radius 3 is 2.21 bits per heavy atom. The molecule has 2 aromatic heterocycles. The standard InChI is InChI=1S/C14H24N8O.ClH/c1-5-6-17-11-9-10(19-13(15-2)20-11)12(22(4)7-8-23)21-14(16-3)18-9;/h23H,5-8H2,1-4H3,(H,16,18,21)(H2,15,17,19,20);1H. The molecule has 0 radical (unpaired) electrons. The van der Waals surface area contributed by atoms with Crippen molar-refractivity contribution in [3.63, 3.8) is 0 Å². The summed E-state index contributed by atoms with van der Waals surface area (Å²) in [7, 11) is 5.39. The van der Waals surface area contributed by atoms with Gasteiger partial charge in [0.2, 0.25) is 11.9 Å². The monoisotopic (exact) mass is 356 g/mol. The number of anilines is 4.